The highest BCUT2D eigenvalue weighted by molar-refractivity contribution is 7.99. The van der Waals surface area contributed by atoms with Crippen molar-refractivity contribution in [2.24, 2.45) is 5.92 Å². The molecule has 1 aliphatic rings. The van der Waals surface area contributed by atoms with Gasteiger partial charge in [-0.25, -0.2) is 0 Å². The van der Waals surface area contributed by atoms with Crippen LogP contribution >= 0.6 is 11.8 Å². The monoisotopic (exact) mass is 293 g/mol. The van der Waals surface area contributed by atoms with E-state index in [9.17, 15) is 4.79 Å². The molecule has 0 aromatic heterocycles. The number of benzene rings is 1. The highest BCUT2D eigenvalue weighted by atomic mass is 32.2. The Balaban J connectivity index is 2.08. The Labute approximate surface area is 125 Å². The third-order valence-corrected chi connectivity index (χ3v) is 4.64. The third kappa shape index (κ3) is 4.00. The maximum absolute atomic E-state index is 12.7. The molecule has 110 valence electrons. The number of amides is 1. The molecule has 1 aromatic carbocycles. The first-order valence-electron chi connectivity index (χ1n) is 7.22. The van der Waals surface area contributed by atoms with Gasteiger partial charge in [0, 0.05) is 30.8 Å². The maximum atomic E-state index is 12.7. The number of nitrogens with zero attached hydrogens (tertiary/aromatic N) is 1. The van der Waals surface area contributed by atoms with Crippen LogP contribution in [0.25, 0.3) is 0 Å². The summed E-state index contributed by atoms with van der Waals surface area (Å²) >= 11 is 1.69. The number of piperidine rings is 1. The van der Waals surface area contributed by atoms with Gasteiger partial charge in [0.25, 0.3) is 5.91 Å². The number of thioether (sulfide) groups is 1. The second kappa shape index (κ2) is 7.70. The van der Waals surface area contributed by atoms with Crippen LogP contribution < -0.4 is 0 Å². The van der Waals surface area contributed by atoms with E-state index in [0.29, 0.717) is 12.5 Å². The summed E-state index contributed by atoms with van der Waals surface area (Å²) in [5.41, 5.74) is 0.836. The maximum Gasteiger partial charge on any atom is 0.254 e. The molecule has 0 aliphatic carbocycles. The standard InChI is InChI=1S/C16H23NO2S/c1-13-6-5-9-17(12-13)16(18)14-7-3-4-8-15(14)20-11-10-19-2/h3-4,7-8,13H,5-6,9-12H2,1-2H3/t13-/m0/s1. The van der Waals surface area contributed by atoms with Gasteiger partial charge in [-0.2, -0.15) is 0 Å². The van der Waals surface area contributed by atoms with Crippen LogP contribution in [0.2, 0.25) is 0 Å². The third-order valence-electron chi connectivity index (χ3n) is 3.61. The molecule has 1 atom stereocenters. The van der Waals surface area contributed by atoms with Crippen LogP contribution in [0.3, 0.4) is 0 Å². The zero-order valence-electron chi connectivity index (χ0n) is 12.3. The van der Waals surface area contributed by atoms with Gasteiger partial charge in [0.05, 0.1) is 12.2 Å². The lowest BCUT2D eigenvalue weighted by atomic mass is 9.99. The largest absolute Gasteiger partial charge is 0.384 e. The Morgan fingerprint density at radius 3 is 3.00 bits per heavy atom. The Morgan fingerprint density at radius 1 is 1.45 bits per heavy atom. The Morgan fingerprint density at radius 2 is 2.25 bits per heavy atom. The molecule has 1 amide bonds. The summed E-state index contributed by atoms with van der Waals surface area (Å²) < 4.78 is 5.08. The molecule has 1 saturated heterocycles. The van der Waals surface area contributed by atoms with Gasteiger partial charge in [0.2, 0.25) is 0 Å². The van der Waals surface area contributed by atoms with Crippen LogP contribution in [-0.4, -0.2) is 43.4 Å². The van der Waals surface area contributed by atoms with Gasteiger partial charge in [-0.15, -0.1) is 11.8 Å². The highest BCUT2D eigenvalue weighted by Crippen LogP contribution is 2.25. The van der Waals surface area contributed by atoms with E-state index in [0.717, 1.165) is 35.7 Å². The fourth-order valence-electron chi connectivity index (χ4n) is 2.55. The van der Waals surface area contributed by atoms with E-state index in [-0.39, 0.29) is 5.91 Å². The van der Waals surface area contributed by atoms with E-state index in [1.165, 1.54) is 6.42 Å². The van der Waals surface area contributed by atoms with Crippen molar-refractivity contribution in [2.75, 3.05) is 32.6 Å². The second-order valence-corrected chi connectivity index (χ2v) is 6.47. The van der Waals surface area contributed by atoms with Gasteiger partial charge in [0.1, 0.15) is 0 Å². The number of carbonyl (C=O) groups is 1. The van der Waals surface area contributed by atoms with Crippen LogP contribution in [-0.2, 0) is 4.74 Å². The van der Waals surface area contributed by atoms with Crippen molar-refractivity contribution in [3.05, 3.63) is 29.8 Å². The summed E-state index contributed by atoms with van der Waals surface area (Å²) in [6, 6.07) is 7.91. The van der Waals surface area contributed by atoms with Crippen molar-refractivity contribution >= 4 is 17.7 Å². The summed E-state index contributed by atoms with van der Waals surface area (Å²) in [6.45, 7) is 4.70. The van der Waals surface area contributed by atoms with Crippen molar-refractivity contribution in [3.8, 4) is 0 Å². The number of hydrogen-bond acceptors (Lipinski definition) is 3. The van der Waals surface area contributed by atoms with Crippen molar-refractivity contribution in [1.82, 2.24) is 4.90 Å². The minimum absolute atomic E-state index is 0.178. The molecule has 1 fully saturated rings. The molecular weight excluding hydrogens is 270 g/mol. The molecule has 1 heterocycles. The van der Waals surface area contributed by atoms with E-state index in [4.69, 9.17) is 4.74 Å². The molecule has 0 unspecified atom stereocenters. The van der Waals surface area contributed by atoms with Crippen LogP contribution in [0.5, 0.6) is 0 Å². The lowest BCUT2D eigenvalue weighted by Gasteiger charge is -2.31. The molecule has 3 nitrogen and oxygen atoms in total. The van der Waals surface area contributed by atoms with E-state index >= 15 is 0 Å². The molecule has 0 spiro atoms. The van der Waals surface area contributed by atoms with E-state index in [2.05, 4.69) is 6.92 Å². The Kier molecular flexibility index (Phi) is 5.92. The molecule has 0 bridgehead atoms. The lowest BCUT2D eigenvalue weighted by Crippen LogP contribution is -2.39. The Hall–Kier alpha value is -1.00. The number of hydrogen-bond donors (Lipinski definition) is 0. The SMILES string of the molecule is COCCSc1ccccc1C(=O)N1CCC[C@H](C)C1. The van der Waals surface area contributed by atoms with Crippen LogP contribution in [0.15, 0.2) is 29.2 Å². The van der Waals surface area contributed by atoms with Gasteiger partial charge >= 0.3 is 0 Å². The molecule has 2 rings (SSSR count). The fourth-order valence-corrected chi connectivity index (χ4v) is 3.50. The molecule has 0 N–H and O–H groups in total. The highest BCUT2D eigenvalue weighted by Gasteiger charge is 2.23. The van der Waals surface area contributed by atoms with Crippen molar-refractivity contribution < 1.29 is 9.53 Å². The molecule has 4 heteroatoms. The molecule has 20 heavy (non-hydrogen) atoms. The first-order valence-corrected chi connectivity index (χ1v) is 8.21. The number of likely N-dealkylation sites (tertiary alicyclic amines) is 1. The Bertz CT molecular complexity index is 450. The minimum Gasteiger partial charge on any atom is -0.384 e. The summed E-state index contributed by atoms with van der Waals surface area (Å²) in [5, 5.41) is 0. The summed E-state index contributed by atoms with van der Waals surface area (Å²) in [6.07, 6.45) is 2.35. The molecular formula is C16H23NO2S. The first-order chi connectivity index (χ1) is 9.72. The van der Waals surface area contributed by atoms with Crippen LogP contribution in [0.1, 0.15) is 30.1 Å². The van der Waals surface area contributed by atoms with Crippen molar-refractivity contribution in [1.29, 1.82) is 0 Å². The normalized spacial score (nSPS) is 19.1. The molecule has 0 radical (unpaired) electrons. The second-order valence-electron chi connectivity index (χ2n) is 5.34. The van der Waals surface area contributed by atoms with E-state index < -0.39 is 0 Å². The van der Waals surface area contributed by atoms with Crippen molar-refractivity contribution in [2.45, 2.75) is 24.7 Å². The van der Waals surface area contributed by atoms with Crippen LogP contribution in [0.4, 0.5) is 0 Å². The quantitative estimate of drug-likeness (QED) is 0.616. The summed E-state index contributed by atoms with van der Waals surface area (Å²) in [5.74, 6) is 1.66. The number of carbonyl (C=O) groups excluding carboxylic acids is 1. The van der Waals surface area contributed by atoms with Crippen LogP contribution in [0, 0.1) is 5.92 Å². The van der Waals surface area contributed by atoms with Gasteiger partial charge < -0.3 is 9.64 Å². The summed E-state index contributed by atoms with van der Waals surface area (Å²) in [4.78, 5) is 15.7. The molecule has 0 saturated carbocycles. The van der Waals surface area contributed by atoms with Gasteiger partial charge in [-0.3, -0.25) is 4.79 Å². The van der Waals surface area contributed by atoms with Gasteiger partial charge in [-0.1, -0.05) is 19.1 Å². The zero-order chi connectivity index (χ0) is 14.4. The smallest absolute Gasteiger partial charge is 0.254 e. The minimum atomic E-state index is 0.178. The molecule has 1 aromatic rings. The zero-order valence-corrected chi connectivity index (χ0v) is 13.1. The average molecular weight is 293 g/mol. The van der Waals surface area contributed by atoms with Gasteiger partial charge in [0.15, 0.2) is 0 Å². The average Bonchev–Trinajstić information content (AvgIpc) is 2.47. The molecule has 1 aliphatic heterocycles. The predicted octanol–water partition coefficient (Wildman–Crippen LogP) is 3.30. The van der Waals surface area contributed by atoms with Gasteiger partial charge in [-0.05, 0) is 30.9 Å². The number of ether oxygens (including phenoxy) is 1. The number of rotatable bonds is 5. The predicted molar refractivity (Wildman–Crippen MR) is 83.3 cm³/mol. The van der Waals surface area contributed by atoms with Crippen molar-refractivity contribution in [3.63, 3.8) is 0 Å². The topological polar surface area (TPSA) is 29.5 Å². The van der Waals surface area contributed by atoms with E-state index in [1.807, 2.05) is 29.2 Å². The fraction of sp³-hybridized carbons (Fsp3) is 0.562. The summed E-state index contributed by atoms with van der Waals surface area (Å²) in [7, 11) is 1.70. The van der Waals surface area contributed by atoms with E-state index in [1.54, 1.807) is 18.9 Å². The number of methoxy groups -OCH3 is 1. The lowest BCUT2D eigenvalue weighted by molar-refractivity contribution is 0.0679. The first kappa shape index (κ1) is 15.4.